The fourth-order valence-corrected chi connectivity index (χ4v) is 3.69. The average molecular weight is 469 g/mol. The molecule has 0 radical (unpaired) electrons. The predicted octanol–water partition coefficient (Wildman–Crippen LogP) is 5.25. The van der Waals surface area contributed by atoms with Gasteiger partial charge in [-0.25, -0.2) is 9.37 Å². The second-order valence-electron chi connectivity index (χ2n) is 8.32. The Balaban J connectivity index is 1.77. The minimum absolute atomic E-state index is 0.131. The third-order valence-electron chi connectivity index (χ3n) is 5.58. The summed E-state index contributed by atoms with van der Waals surface area (Å²) in [6.07, 6.45) is 4.31. The zero-order chi connectivity index (χ0) is 24.8. The molecule has 0 bridgehead atoms. The van der Waals surface area contributed by atoms with Gasteiger partial charge in [-0.1, -0.05) is 59.7 Å². The van der Waals surface area contributed by atoms with E-state index in [-0.39, 0.29) is 12.2 Å². The SMILES string of the molecule is Cc1ccc(CN(C(=O)c2cnccn2)[C@@H](C(=O)Nc2ccc(F)cc2)c2ccc(C)cc2)cc1. The molecule has 35 heavy (non-hydrogen) atoms. The van der Waals surface area contributed by atoms with Gasteiger partial charge in [-0.05, 0) is 49.2 Å². The number of aromatic nitrogens is 2. The van der Waals surface area contributed by atoms with Crippen LogP contribution < -0.4 is 5.32 Å². The van der Waals surface area contributed by atoms with Gasteiger partial charge in [-0.2, -0.15) is 0 Å². The van der Waals surface area contributed by atoms with Crippen LogP contribution >= 0.6 is 0 Å². The predicted molar refractivity (Wildman–Crippen MR) is 132 cm³/mol. The molecule has 0 saturated carbocycles. The monoisotopic (exact) mass is 468 g/mol. The molecule has 1 heterocycles. The van der Waals surface area contributed by atoms with Crippen molar-refractivity contribution in [2.75, 3.05) is 5.32 Å². The fraction of sp³-hybridized carbons (Fsp3) is 0.143. The van der Waals surface area contributed by atoms with E-state index in [4.69, 9.17) is 0 Å². The van der Waals surface area contributed by atoms with E-state index in [2.05, 4.69) is 15.3 Å². The van der Waals surface area contributed by atoms with Gasteiger partial charge in [0, 0.05) is 24.6 Å². The summed E-state index contributed by atoms with van der Waals surface area (Å²) in [6.45, 7) is 4.11. The van der Waals surface area contributed by atoms with Crippen molar-refractivity contribution in [2.24, 2.45) is 0 Å². The molecule has 4 rings (SSSR count). The van der Waals surface area contributed by atoms with Crippen molar-refractivity contribution < 1.29 is 14.0 Å². The number of aryl methyl sites for hydroxylation is 2. The van der Waals surface area contributed by atoms with E-state index >= 15 is 0 Å². The van der Waals surface area contributed by atoms with Crippen LogP contribution in [0.3, 0.4) is 0 Å². The lowest BCUT2D eigenvalue weighted by Gasteiger charge is -2.31. The number of hydrogen-bond donors (Lipinski definition) is 1. The highest BCUT2D eigenvalue weighted by Crippen LogP contribution is 2.27. The molecule has 1 aromatic heterocycles. The lowest BCUT2D eigenvalue weighted by molar-refractivity contribution is -0.121. The molecular weight excluding hydrogens is 443 g/mol. The van der Waals surface area contributed by atoms with E-state index in [1.807, 2.05) is 62.4 Å². The molecule has 4 aromatic rings. The van der Waals surface area contributed by atoms with E-state index in [9.17, 15) is 14.0 Å². The van der Waals surface area contributed by atoms with Crippen LogP contribution in [0.2, 0.25) is 0 Å². The Bertz CT molecular complexity index is 1290. The molecule has 7 heteroatoms. The van der Waals surface area contributed by atoms with Crippen LogP contribution in [0.5, 0.6) is 0 Å². The Labute approximate surface area is 203 Å². The molecule has 0 spiro atoms. The topological polar surface area (TPSA) is 75.2 Å². The average Bonchev–Trinajstić information content (AvgIpc) is 2.87. The van der Waals surface area contributed by atoms with Crippen molar-refractivity contribution >= 4 is 17.5 Å². The number of carbonyl (C=O) groups is 2. The minimum Gasteiger partial charge on any atom is -0.324 e. The van der Waals surface area contributed by atoms with Gasteiger partial charge < -0.3 is 10.2 Å². The number of hydrogen-bond acceptors (Lipinski definition) is 4. The van der Waals surface area contributed by atoms with Crippen LogP contribution in [0.25, 0.3) is 0 Å². The number of nitrogens with zero attached hydrogens (tertiary/aromatic N) is 3. The summed E-state index contributed by atoms with van der Waals surface area (Å²) in [7, 11) is 0. The molecule has 0 unspecified atom stereocenters. The van der Waals surface area contributed by atoms with Crippen molar-refractivity contribution in [3.63, 3.8) is 0 Å². The van der Waals surface area contributed by atoms with E-state index in [0.29, 0.717) is 11.3 Å². The van der Waals surface area contributed by atoms with Crippen LogP contribution in [-0.4, -0.2) is 26.7 Å². The van der Waals surface area contributed by atoms with Crippen molar-refractivity contribution in [2.45, 2.75) is 26.4 Å². The zero-order valence-electron chi connectivity index (χ0n) is 19.5. The highest BCUT2D eigenvalue weighted by atomic mass is 19.1. The van der Waals surface area contributed by atoms with Gasteiger partial charge in [0.2, 0.25) is 0 Å². The van der Waals surface area contributed by atoms with E-state index in [0.717, 1.165) is 16.7 Å². The first-order chi connectivity index (χ1) is 16.9. The molecule has 1 atom stereocenters. The number of amides is 2. The van der Waals surface area contributed by atoms with E-state index in [1.165, 1.54) is 47.8 Å². The number of halogens is 1. The molecular formula is C28H25FN4O2. The lowest BCUT2D eigenvalue weighted by Crippen LogP contribution is -2.41. The highest BCUT2D eigenvalue weighted by molar-refractivity contribution is 6.00. The third-order valence-corrected chi connectivity index (χ3v) is 5.58. The van der Waals surface area contributed by atoms with Gasteiger partial charge in [0.15, 0.2) is 0 Å². The largest absolute Gasteiger partial charge is 0.324 e. The van der Waals surface area contributed by atoms with E-state index < -0.39 is 23.7 Å². The molecule has 3 aromatic carbocycles. The van der Waals surface area contributed by atoms with Crippen molar-refractivity contribution in [1.29, 1.82) is 0 Å². The standard InChI is InChI=1S/C28H25FN4O2/c1-19-3-7-21(8-4-19)18-33(28(35)25-17-30-15-16-31-25)26(22-9-5-20(2)6-10-22)27(34)32-24-13-11-23(29)12-14-24/h3-17,26H,18H2,1-2H3,(H,32,34)/t26-/m1/s1. The Kier molecular flexibility index (Phi) is 7.26. The molecule has 0 aliphatic heterocycles. The smallest absolute Gasteiger partial charge is 0.275 e. The lowest BCUT2D eigenvalue weighted by atomic mass is 10.0. The maximum absolute atomic E-state index is 13.7. The second-order valence-corrected chi connectivity index (χ2v) is 8.32. The quantitative estimate of drug-likeness (QED) is 0.402. The molecule has 0 saturated heterocycles. The van der Waals surface area contributed by atoms with Gasteiger partial charge in [-0.3, -0.25) is 14.6 Å². The molecule has 176 valence electrons. The van der Waals surface area contributed by atoms with Crippen molar-refractivity contribution in [1.82, 2.24) is 14.9 Å². The zero-order valence-corrected chi connectivity index (χ0v) is 19.5. The Morgan fingerprint density at radius 3 is 2.11 bits per heavy atom. The van der Waals surface area contributed by atoms with Crippen LogP contribution in [0, 0.1) is 19.7 Å². The van der Waals surface area contributed by atoms with Crippen LogP contribution in [0.4, 0.5) is 10.1 Å². The Morgan fingerprint density at radius 2 is 1.51 bits per heavy atom. The van der Waals surface area contributed by atoms with Crippen LogP contribution in [0.1, 0.15) is 38.8 Å². The molecule has 2 amide bonds. The molecule has 6 nitrogen and oxygen atoms in total. The first-order valence-electron chi connectivity index (χ1n) is 11.2. The van der Waals surface area contributed by atoms with Crippen molar-refractivity contribution in [3.8, 4) is 0 Å². The number of carbonyl (C=O) groups excluding carboxylic acids is 2. The summed E-state index contributed by atoms with van der Waals surface area (Å²) in [6, 6.07) is 19.7. The molecule has 1 N–H and O–H groups in total. The summed E-state index contributed by atoms with van der Waals surface area (Å²) in [5.74, 6) is -1.26. The van der Waals surface area contributed by atoms with E-state index in [1.54, 1.807) is 0 Å². The maximum atomic E-state index is 13.7. The first kappa shape index (κ1) is 23.8. The summed E-state index contributed by atoms with van der Waals surface area (Å²) < 4.78 is 13.4. The maximum Gasteiger partial charge on any atom is 0.275 e. The van der Waals surface area contributed by atoms with Crippen molar-refractivity contribution in [3.05, 3.63) is 125 Å². The normalized spacial score (nSPS) is 11.5. The molecule has 0 aliphatic carbocycles. The van der Waals surface area contributed by atoms with Gasteiger partial charge in [0.1, 0.15) is 17.6 Å². The second kappa shape index (κ2) is 10.7. The Morgan fingerprint density at radius 1 is 0.886 bits per heavy atom. The van der Waals surface area contributed by atoms with Gasteiger partial charge in [-0.15, -0.1) is 0 Å². The summed E-state index contributed by atoms with van der Waals surface area (Å²) in [4.78, 5) is 37.0. The minimum atomic E-state index is -0.975. The number of nitrogens with one attached hydrogen (secondary N) is 1. The van der Waals surface area contributed by atoms with Gasteiger partial charge in [0.25, 0.3) is 11.8 Å². The van der Waals surface area contributed by atoms with Gasteiger partial charge in [0.05, 0.1) is 6.20 Å². The number of anilines is 1. The fourth-order valence-electron chi connectivity index (χ4n) is 3.69. The summed E-state index contributed by atoms with van der Waals surface area (Å²) in [5, 5.41) is 2.83. The van der Waals surface area contributed by atoms with Crippen LogP contribution in [0.15, 0.2) is 91.4 Å². The Hall–Kier alpha value is -4.39. The number of rotatable bonds is 7. The highest BCUT2D eigenvalue weighted by Gasteiger charge is 2.33. The third kappa shape index (κ3) is 5.95. The summed E-state index contributed by atoms with van der Waals surface area (Å²) in [5.41, 5.74) is 4.17. The first-order valence-corrected chi connectivity index (χ1v) is 11.2. The summed E-state index contributed by atoms with van der Waals surface area (Å²) >= 11 is 0. The number of benzene rings is 3. The molecule has 0 fully saturated rings. The van der Waals surface area contributed by atoms with Crippen LogP contribution in [-0.2, 0) is 11.3 Å². The van der Waals surface area contributed by atoms with Gasteiger partial charge >= 0.3 is 0 Å². The molecule has 0 aliphatic rings.